The van der Waals surface area contributed by atoms with Crippen LogP contribution >= 0.6 is 0 Å². The minimum absolute atomic E-state index is 0.273. The van der Waals surface area contributed by atoms with Crippen molar-refractivity contribution in [2.75, 3.05) is 12.4 Å². The first-order valence-electron chi connectivity index (χ1n) is 6.96. The Morgan fingerprint density at radius 2 is 1.87 bits per heavy atom. The Hall–Kier alpha value is -3.28. The highest BCUT2D eigenvalue weighted by molar-refractivity contribution is 6.05. The number of carbonyl (C=O) groups is 1. The lowest BCUT2D eigenvalue weighted by Gasteiger charge is -2.09. The molecule has 2 aromatic heterocycles. The van der Waals surface area contributed by atoms with Gasteiger partial charge in [-0.25, -0.2) is 0 Å². The largest absolute Gasteiger partial charge is 0.497 e. The van der Waals surface area contributed by atoms with Gasteiger partial charge >= 0.3 is 0 Å². The summed E-state index contributed by atoms with van der Waals surface area (Å²) in [6.45, 7) is 0. The molecule has 114 valence electrons. The molecule has 0 fully saturated rings. The number of methoxy groups -OCH3 is 1. The second-order valence-electron chi connectivity index (χ2n) is 4.69. The normalized spacial score (nSPS) is 10.1. The predicted octanol–water partition coefficient (Wildman–Crippen LogP) is 2.80. The van der Waals surface area contributed by atoms with Gasteiger partial charge in [0.1, 0.15) is 5.75 Å². The maximum absolute atomic E-state index is 12.4. The Labute approximate surface area is 133 Å². The third-order valence-corrected chi connectivity index (χ3v) is 3.25. The van der Waals surface area contributed by atoms with Gasteiger partial charge in [-0.05, 0) is 42.5 Å². The molecule has 0 saturated carbocycles. The lowest BCUT2D eigenvalue weighted by atomic mass is 10.1. The van der Waals surface area contributed by atoms with Gasteiger partial charge in [0.25, 0.3) is 5.91 Å². The fourth-order valence-corrected chi connectivity index (χ4v) is 2.07. The number of nitrogens with zero attached hydrogens (tertiary/aromatic N) is 3. The number of amides is 1. The number of rotatable bonds is 4. The molecule has 3 aromatic rings. The molecule has 6 nitrogen and oxygen atoms in total. The van der Waals surface area contributed by atoms with Crippen molar-refractivity contribution in [1.29, 1.82) is 0 Å². The van der Waals surface area contributed by atoms with Crippen molar-refractivity contribution < 1.29 is 9.53 Å². The molecule has 0 aliphatic rings. The van der Waals surface area contributed by atoms with Crippen LogP contribution in [0.1, 0.15) is 10.4 Å². The van der Waals surface area contributed by atoms with Gasteiger partial charge in [0.05, 0.1) is 19.0 Å². The zero-order chi connectivity index (χ0) is 16.1. The van der Waals surface area contributed by atoms with Crippen molar-refractivity contribution in [2.45, 2.75) is 0 Å². The topological polar surface area (TPSA) is 77.0 Å². The Bertz CT molecular complexity index is 804. The number of aromatic nitrogens is 3. The summed E-state index contributed by atoms with van der Waals surface area (Å²) in [5.41, 5.74) is 1.93. The highest BCUT2D eigenvalue weighted by atomic mass is 16.5. The van der Waals surface area contributed by atoms with E-state index in [2.05, 4.69) is 20.5 Å². The SMILES string of the molecule is COc1ccc(C(=O)Nc2nnccc2-c2ccccn2)cc1. The van der Waals surface area contributed by atoms with Crippen LogP contribution in [0.2, 0.25) is 0 Å². The van der Waals surface area contributed by atoms with Crippen LogP contribution in [-0.4, -0.2) is 28.2 Å². The summed E-state index contributed by atoms with van der Waals surface area (Å²) in [5, 5.41) is 10.6. The smallest absolute Gasteiger partial charge is 0.256 e. The molecule has 0 aliphatic carbocycles. The summed E-state index contributed by atoms with van der Waals surface area (Å²) in [7, 11) is 1.58. The first-order chi connectivity index (χ1) is 11.3. The highest BCUT2D eigenvalue weighted by Gasteiger charge is 2.12. The molecule has 1 aromatic carbocycles. The molecule has 0 atom stereocenters. The molecule has 1 amide bonds. The molecule has 2 heterocycles. The van der Waals surface area contributed by atoms with Crippen LogP contribution in [-0.2, 0) is 0 Å². The third-order valence-electron chi connectivity index (χ3n) is 3.25. The first-order valence-corrected chi connectivity index (χ1v) is 6.96. The van der Waals surface area contributed by atoms with Crippen molar-refractivity contribution in [3.05, 3.63) is 66.5 Å². The average molecular weight is 306 g/mol. The van der Waals surface area contributed by atoms with E-state index in [1.54, 1.807) is 49.8 Å². The fraction of sp³-hybridized carbons (Fsp3) is 0.0588. The standard InChI is InChI=1S/C17H14N4O2/c1-23-13-7-5-12(6-8-13)17(22)20-16-14(9-11-19-21-16)15-4-2-3-10-18-15/h2-11H,1H3,(H,20,21,22). The van der Waals surface area contributed by atoms with Gasteiger partial charge in [-0.15, -0.1) is 5.10 Å². The van der Waals surface area contributed by atoms with Gasteiger partial charge in [0.15, 0.2) is 5.82 Å². The van der Waals surface area contributed by atoms with Crippen LogP contribution in [0, 0.1) is 0 Å². The fourth-order valence-electron chi connectivity index (χ4n) is 2.07. The Morgan fingerprint density at radius 3 is 2.57 bits per heavy atom. The quantitative estimate of drug-likeness (QED) is 0.802. The van der Waals surface area contributed by atoms with Gasteiger partial charge in [-0.2, -0.15) is 5.10 Å². The van der Waals surface area contributed by atoms with E-state index in [1.807, 2.05) is 18.2 Å². The van der Waals surface area contributed by atoms with Crippen molar-refractivity contribution in [3.8, 4) is 17.0 Å². The summed E-state index contributed by atoms with van der Waals surface area (Å²) in [6.07, 6.45) is 3.25. The molecule has 0 bridgehead atoms. The van der Waals surface area contributed by atoms with E-state index in [9.17, 15) is 4.79 Å². The average Bonchev–Trinajstić information content (AvgIpc) is 2.63. The number of pyridine rings is 1. The number of carbonyl (C=O) groups excluding carboxylic acids is 1. The summed E-state index contributed by atoms with van der Waals surface area (Å²) in [6, 6.07) is 14.1. The molecule has 6 heteroatoms. The summed E-state index contributed by atoms with van der Waals surface area (Å²) >= 11 is 0. The molecule has 0 unspecified atom stereocenters. The molecular formula is C17H14N4O2. The number of ether oxygens (including phenoxy) is 1. The van der Waals surface area contributed by atoms with Crippen molar-refractivity contribution in [3.63, 3.8) is 0 Å². The number of hydrogen-bond acceptors (Lipinski definition) is 5. The third kappa shape index (κ3) is 3.32. The van der Waals surface area contributed by atoms with Crippen molar-refractivity contribution in [2.24, 2.45) is 0 Å². The summed E-state index contributed by atoms with van der Waals surface area (Å²) in [5.74, 6) is 0.785. The van der Waals surface area contributed by atoms with Crippen LogP contribution < -0.4 is 10.1 Å². The summed E-state index contributed by atoms with van der Waals surface area (Å²) in [4.78, 5) is 16.6. The van der Waals surface area contributed by atoms with E-state index in [0.717, 1.165) is 0 Å². The maximum atomic E-state index is 12.4. The van der Waals surface area contributed by atoms with E-state index in [-0.39, 0.29) is 5.91 Å². The lowest BCUT2D eigenvalue weighted by Crippen LogP contribution is -2.14. The van der Waals surface area contributed by atoms with E-state index < -0.39 is 0 Å². The first kappa shape index (κ1) is 14.6. The predicted molar refractivity (Wildman–Crippen MR) is 86.2 cm³/mol. The molecule has 1 N–H and O–H groups in total. The Kier molecular flexibility index (Phi) is 4.24. The second-order valence-corrected chi connectivity index (χ2v) is 4.69. The summed E-state index contributed by atoms with van der Waals surface area (Å²) < 4.78 is 5.08. The van der Waals surface area contributed by atoms with Crippen LogP contribution in [0.4, 0.5) is 5.82 Å². The molecule has 0 radical (unpaired) electrons. The minimum Gasteiger partial charge on any atom is -0.497 e. The van der Waals surface area contributed by atoms with E-state index in [1.165, 1.54) is 0 Å². The van der Waals surface area contributed by atoms with E-state index in [4.69, 9.17) is 4.74 Å². The van der Waals surface area contributed by atoms with E-state index >= 15 is 0 Å². The van der Waals surface area contributed by atoms with Crippen LogP contribution in [0.3, 0.4) is 0 Å². The van der Waals surface area contributed by atoms with Gasteiger partial charge in [0.2, 0.25) is 0 Å². The molecule has 0 spiro atoms. The molecular weight excluding hydrogens is 292 g/mol. The lowest BCUT2D eigenvalue weighted by molar-refractivity contribution is 0.102. The zero-order valence-electron chi connectivity index (χ0n) is 12.4. The maximum Gasteiger partial charge on any atom is 0.256 e. The van der Waals surface area contributed by atoms with Crippen molar-refractivity contribution >= 4 is 11.7 Å². The monoisotopic (exact) mass is 306 g/mol. The second kappa shape index (κ2) is 6.65. The van der Waals surface area contributed by atoms with E-state index in [0.29, 0.717) is 28.4 Å². The Balaban J connectivity index is 1.86. The van der Waals surface area contributed by atoms with Gasteiger partial charge in [-0.1, -0.05) is 6.07 Å². The highest BCUT2D eigenvalue weighted by Crippen LogP contribution is 2.23. The van der Waals surface area contributed by atoms with Gasteiger partial charge < -0.3 is 10.1 Å². The van der Waals surface area contributed by atoms with Crippen LogP contribution in [0.25, 0.3) is 11.3 Å². The van der Waals surface area contributed by atoms with Gasteiger partial charge in [-0.3, -0.25) is 9.78 Å². The molecule has 23 heavy (non-hydrogen) atoms. The van der Waals surface area contributed by atoms with Crippen molar-refractivity contribution in [1.82, 2.24) is 15.2 Å². The Morgan fingerprint density at radius 1 is 1.04 bits per heavy atom. The molecule has 0 aliphatic heterocycles. The molecule has 3 rings (SSSR count). The number of benzene rings is 1. The van der Waals surface area contributed by atoms with Gasteiger partial charge in [0, 0.05) is 17.3 Å². The number of nitrogens with one attached hydrogen (secondary N) is 1. The molecule has 0 saturated heterocycles. The zero-order valence-corrected chi connectivity index (χ0v) is 12.4. The number of anilines is 1. The number of hydrogen-bond donors (Lipinski definition) is 1. The van der Waals surface area contributed by atoms with Crippen LogP contribution in [0.15, 0.2) is 60.9 Å². The minimum atomic E-state index is -0.273. The van der Waals surface area contributed by atoms with Crippen LogP contribution in [0.5, 0.6) is 5.75 Å².